The number of imide groups is 1. The molecule has 4 amide bonds. The average molecular weight is 317 g/mol. The Morgan fingerprint density at radius 1 is 1.48 bits per heavy atom. The van der Waals surface area contributed by atoms with Crippen molar-refractivity contribution in [2.24, 2.45) is 0 Å². The minimum absolute atomic E-state index is 0.0363. The maximum absolute atomic E-state index is 12.6. The average Bonchev–Trinajstić information content (AvgIpc) is 3.17. The van der Waals surface area contributed by atoms with Gasteiger partial charge in [-0.05, 0) is 30.5 Å². The highest BCUT2D eigenvalue weighted by Crippen LogP contribution is 2.32. The van der Waals surface area contributed by atoms with Gasteiger partial charge in [-0.25, -0.2) is 9.78 Å². The van der Waals surface area contributed by atoms with E-state index in [-0.39, 0.29) is 30.9 Å². The molecule has 0 spiro atoms. The number of amides is 4. The first kappa shape index (κ1) is 15.3. The van der Waals surface area contributed by atoms with Gasteiger partial charge in [-0.3, -0.25) is 14.5 Å². The van der Waals surface area contributed by atoms with Crippen molar-refractivity contribution in [3.8, 4) is 0 Å². The fraction of sp³-hybridized carbons (Fsp3) is 0.467. The van der Waals surface area contributed by atoms with Gasteiger partial charge in [0.2, 0.25) is 5.91 Å². The molecule has 0 bridgehead atoms. The van der Waals surface area contributed by atoms with Gasteiger partial charge >= 0.3 is 6.03 Å². The van der Waals surface area contributed by atoms with Crippen LogP contribution in [0.25, 0.3) is 0 Å². The van der Waals surface area contributed by atoms with Crippen molar-refractivity contribution in [3.05, 3.63) is 23.9 Å². The SMILES string of the molecule is CNc1cc([C@H]2CCCN2C(=O)CN2C(=O)CNC2=O)ccn1. The molecule has 2 aliphatic rings. The number of urea groups is 1. The number of hydrogen-bond acceptors (Lipinski definition) is 5. The van der Waals surface area contributed by atoms with Crippen LogP contribution in [0.3, 0.4) is 0 Å². The van der Waals surface area contributed by atoms with Gasteiger partial charge in [-0.1, -0.05) is 0 Å². The van der Waals surface area contributed by atoms with E-state index in [0.29, 0.717) is 6.54 Å². The molecule has 0 aliphatic carbocycles. The van der Waals surface area contributed by atoms with E-state index >= 15 is 0 Å². The molecule has 23 heavy (non-hydrogen) atoms. The van der Waals surface area contributed by atoms with Crippen molar-refractivity contribution in [2.45, 2.75) is 18.9 Å². The van der Waals surface area contributed by atoms with E-state index in [1.54, 1.807) is 18.1 Å². The van der Waals surface area contributed by atoms with E-state index in [2.05, 4.69) is 15.6 Å². The zero-order valence-corrected chi connectivity index (χ0v) is 12.9. The van der Waals surface area contributed by atoms with E-state index in [4.69, 9.17) is 0 Å². The first-order valence-electron chi connectivity index (χ1n) is 7.61. The Labute approximate surface area is 133 Å². The fourth-order valence-corrected chi connectivity index (χ4v) is 3.04. The van der Waals surface area contributed by atoms with Crippen molar-refractivity contribution in [1.29, 1.82) is 0 Å². The maximum atomic E-state index is 12.6. The van der Waals surface area contributed by atoms with Gasteiger partial charge in [0.1, 0.15) is 12.4 Å². The molecule has 3 heterocycles. The topological polar surface area (TPSA) is 94.6 Å². The highest BCUT2D eigenvalue weighted by molar-refractivity contribution is 6.04. The Bertz CT molecular complexity index is 632. The number of carbonyl (C=O) groups excluding carboxylic acids is 3. The van der Waals surface area contributed by atoms with Crippen LogP contribution in [-0.2, 0) is 9.59 Å². The third-order valence-electron chi connectivity index (χ3n) is 4.23. The summed E-state index contributed by atoms with van der Waals surface area (Å²) >= 11 is 0. The Kier molecular flexibility index (Phi) is 4.14. The largest absolute Gasteiger partial charge is 0.373 e. The standard InChI is InChI=1S/C15H19N5O3/c1-16-12-7-10(4-5-17-12)11-3-2-6-19(11)14(22)9-20-13(21)8-18-15(20)23/h4-5,7,11H,2-3,6,8-9H2,1H3,(H,16,17)(H,18,23)/t11-/m1/s1. The molecule has 1 atom stereocenters. The van der Waals surface area contributed by atoms with E-state index in [1.807, 2.05) is 12.1 Å². The number of carbonyl (C=O) groups is 3. The van der Waals surface area contributed by atoms with Gasteiger partial charge in [0, 0.05) is 19.8 Å². The number of rotatable bonds is 4. The Morgan fingerprint density at radius 3 is 3.00 bits per heavy atom. The smallest absolute Gasteiger partial charge is 0.325 e. The second kappa shape index (κ2) is 6.23. The molecule has 8 nitrogen and oxygen atoms in total. The Hall–Kier alpha value is -2.64. The molecule has 3 rings (SSSR count). The van der Waals surface area contributed by atoms with Crippen LogP contribution in [0.15, 0.2) is 18.3 Å². The van der Waals surface area contributed by atoms with Crippen molar-refractivity contribution in [2.75, 3.05) is 32.0 Å². The summed E-state index contributed by atoms with van der Waals surface area (Å²) in [7, 11) is 1.79. The van der Waals surface area contributed by atoms with Gasteiger partial charge in [-0.2, -0.15) is 0 Å². The Morgan fingerprint density at radius 2 is 2.30 bits per heavy atom. The highest BCUT2D eigenvalue weighted by Gasteiger charge is 2.35. The number of aromatic nitrogens is 1. The molecule has 1 aromatic heterocycles. The third-order valence-corrected chi connectivity index (χ3v) is 4.23. The molecule has 0 unspecified atom stereocenters. The van der Waals surface area contributed by atoms with Crippen LogP contribution in [0.4, 0.5) is 10.6 Å². The number of nitrogens with one attached hydrogen (secondary N) is 2. The lowest BCUT2D eigenvalue weighted by molar-refractivity contribution is -0.137. The molecule has 2 aliphatic heterocycles. The molecule has 0 saturated carbocycles. The number of hydrogen-bond donors (Lipinski definition) is 2. The normalized spacial score (nSPS) is 20.8. The predicted octanol–water partition coefficient (Wildman–Crippen LogP) is 0.339. The summed E-state index contributed by atoms with van der Waals surface area (Å²) in [6, 6.07) is 3.27. The van der Waals surface area contributed by atoms with Crippen LogP contribution in [-0.4, -0.2) is 59.3 Å². The van der Waals surface area contributed by atoms with Crippen molar-refractivity contribution < 1.29 is 14.4 Å². The molecule has 122 valence electrons. The van der Waals surface area contributed by atoms with Gasteiger partial charge in [-0.15, -0.1) is 0 Å². The summed E-state index contributed by atoms with van der Waals surface area (Å²) in [5.74, 6) is 0.178. The molecule has 1 aromatic rings. The molecule has 2 saturated heterocycles. The monoisotopic (exact) mass is 317 g/mol. The minimum atomic E-state index is -0.500. The lowest BCUT2D eigenvalue weighted by Crippen LogP contribution is -2.42. The third kappa shape index (κ3) is 2.96. The summed E-state index contributed by atoms with van der Waals surface area (Å²) in [5, 5.41) is 5.41. The summed E-state index contributed by atoms with van der Waals surface area (Å²) in [6.07, 6.45) is 3.46. The quantitative estimate of drug-likeness (QED) is 0.781. The van der Waals surface area contributed by atoms with E-state index in [9.17, 15) is 14.4 Å². The first-order chi connectivity index (χ1) is 11.1. The minimum Gasteiger partial charge on any atom is -0.373 e. The lowest BCUT2D eigenvalue weighted by atomic mass is 10.1. The first-order valence-corrected chi connectivity index (χ1v) is 7.61. The summed E-state index contributed by atoms with van der Waals surface area (Å²) in [4.78, 5) is 42.7. The van der Waals surface area contributed by atoms with Crippen LogP contribution < -0.4 is 10.6 Å². The number of anilines is 1. The van der Waals surface area contributed by atoms with Crippen LogP contribution >= 0.6 is 0 Å². The van der Waals surface area contributed by atoms with Crippen LogP contribution in [0, 0.1) is 0 Å². The second-order valence-electron chi connectivity index (χ2n) is 5.61. The molecule has 0 radical (unpaired) electrons. The van der Waals surface area contributed by atoms with E-state index in [1.165, 1.54) is 0 Å². The lowest BCUT2D eigenvalue weighted by Gasteiger charge is -2.26. The van der Waals surface area contributed by atoms with E-state index in [0.717, 1.165) is 29.1 Å². The summed E-state index contributed by atoms with van der Waals surface area (Å²) < 4.78 is 0. The number of pyridine rings is 1. The maximum Gasteiger partial charge on any atom is 0.325 e. The van der Waals surface area contributed by atoms with Gasteiger partial charge in [0.25, 0.3) is 5.91 Å². The van der Waals surface area contributed by atoms with Crippen molar-refractivity contribution in [3.63, 3.8) is 0 Å². The summed E-state index contributed by atoms with van der Waals surface area (Å²) in [5.41, 5.74) is 1.01. The van der Waals surface area contributed by atoms with Crippen LogP contribution in [0.2, 0.25) is 0 Å². The van der Waals surface area contributed by atoms with Gasteiger partial charge in [0.15, 0.2) is 0 Å². The van der Waals surface area contributed by atoms with Crippen molar-refractivity contribution >= 4 is 23.7 Å². The fourth-order valence-electron chi connectivity index (χ4n) is 3.04. The number of likely N-dealkylation sites (tertiary alicyclic amines) is 1. The van der Waals surface area contributed by atoms with Crippen molar-refractivity contribution in [1.82, 2.24) is 20.1 Å². The van der Waals surface area contributed by atoms with E-state index < -0.39 is 6.03 Å². The number of nitrogens with zero attached hydrogens (tertiary/aromatic N) is 3. The molecule has 0 aromatic carbocycles. The molecule has 8 heteroatoms. The van der Waals surface area contributed by atoms with Gasteiger partial charge < -0.3 is 15.5 Å². The molecule has 2 fully saturated rings. The van der Waals surface area contributed by atoms with Crippen LogP contribution in [0.5, 0.6) is 0 Å². The zero-order chi connectivity index (χ0) is 16.4. The Balaban J connectivity index is 1.74. The van der Waals surface area contributed by atoms with Gasteiger partial charge in [0.05, 0.1) is 12.6 Å². The second-order valence-corrected chi connectivity index (χ2v) is 5.61. The molecular weight excluding hydrogens is 298 g/mol. The molecular formula is C15H19N5O3. The van der Waals surface area contributed by atoms with Crippen LogP contribution in [0.1, 0.15) is 24.4 Å². The zero-order valence-electron chi connectivity index (χ0n) is 12.9. The molecule has 2 N–H and O–H groups in total. The summed E-state index contributed by atoms with van der Waals surface area (Å²) in [6.45, 7) is 0.390. The predicted molar refractivity (Wildman–Crippen MR) is 82.6 cm³/mol. The highest BCUT2D eigenvalue weighted by atomic mass is 16.2.